The molecule has 2 fully saturated rings. The number of nitrogens with zero attached hydrogens (tertiary/aromatic N) is 4. The van der Waals surface area contributed by atoms with Crippen molar-refractivity contribution in [2.75, 3.05) is 32.7 Å². The zero-order valence-electron chi connectivity index (χ0n) is 16.6. The van der Waals surface area contributed by atoms with Gasteiger partial charge in [-0.2, -0.15) is 5.10 Å². The molecule has 2 aliphatic heterocycles. The molecule has 1 aromatic heterocycles. The summed E-state index contributed by atoms with van der Waals surface area (Å²) < 4.78 is 28.8. The number of hydrogen-bond donors (Lipinski definition) is 1. The van der Waals surface area contributed by atoms with E-state index in [4.69, 9.17) is 0 Å². The molecule has 9 heteroatoms. The smallest absolute Gasteiger partial charge is 0.317 e. The molecule has 0 aromatic carbocycles. The van der Waals surface area contributed by atoms with Gasteiger partial charge in [0.15, 0.2) is 0 Å². The minimum absolute atomic E-state index is 0.105. The van der Waals surface area contributed by atoms with Gasteiger partial charge in [0.05, 0.1) is 10.9 Å². The number of piperidine rings is 1. The third kappa shape index (κ3) is 4.29. The molecule has 0 atom stereocenters. The molecular weight excluding hydrogens is 366 g/mol. The Hall–Kier alpha value is -1.61. The summed E-state index contributed by atoms with van der Waals surface area (Å²) in [6, 6.07) is -0.105. The number of sulfonamides is 1. The van der Waals surface area contributed by atoms with Gasteiger partial charge >= 0.3 is 6.03 Å². The second-order valence-electron chi connectivity index (χ2n) is 7.59. The Morgan fingerprint density at radius 2 is 1.78 bits per heavy atom. The Bertz CT molecular complexity index is 775. The van der Waals surface area contributed by atoms with Crippen LogP contribution in [0.5, 0.6) is 0 Å². The lowest BCUT2D eigenvalue weighted by Crippen LogP contribution is -2.49. The molecule has 1 N–H and O–H groups in total. The molecule has 8 nitrogen and oxygen atoms in total. The highest BCUT2D eigenvalue weighted by molar-refractivity contribution is 7.89. The quantitative estimate of drug-likeness (QED) is 0.808. The van der Waals surface area contributed by atoms with Crippen molar-refractivity contribution in [2.45, 2.75) is 51.2 Å². The Morgan fingerprint density at radius 3 is 2.33 bits per heavy atom. The molecule has 3 heterocycles. The molecule has 2 aliphatic rings. The lowest BCUT2D eigenvalue weighted by atomic mass is 10.1. The van der Waals surface area contributed by atoms with E-state index in [0.717, 1.165) is 30.7 Å². The normalized spacial score (nSPS) is 19.6. The number of carbonyl (C=O) groups excluding carboxylic acids is 1. The average molecular weight is 398 g/mol. The van der Waals surface area contributed by atoms with Crippen molar-refractivity contribution in [1.82, 2.24) is 24.3 Å². The van der Waals surface area contributed by atoms with E-state index in [-0.39, 0.29) is 11.3 Å². The van der Waals surface area contributed by atoms with E-state index >= 15 is 0 Å². The van der Waals surface area contributed by atoms with E-state index in [2.05, 4.69) is 10.4 Å². The Balaban J connectivity index is 1.46. The van der Waals surface area contributed by atoms with Crippen molar-refractivity contribution in [3.05, 3.63) is 17.0 Å². The van der Waals surface area contributed by atoms with Gasteiger partial charge in [-0.3, -0.25) is 4.68 Å². The van der Waals surface area contributed by atoms with Crippen molar-refractivity contribution < 1.29 is 13.2 Å². The van der Waals surface area contributed by atoms with E-state index in [9.17, 15) is 13.2 Å². The molecule has 2 amide bonds. The molecule has 1 aromatic rings. The van der Waals surface area contributed by atoms with Gasteiger partial charge in [-0.1, -0.05) is 0 Å². The topological polar surface area (TPSA) is 87.5 Å². The number of aryl methyl sites for hydroxylation is 2. The molecule has 2 saturated heterocycles. The largest absolute Gasteiger partial charge is 0.338 e. The molecule has 152 valence electrons. The Kier molecular flexibility index (Phi) is 6.10. The van der Waals surface area contributed by atoms with Crippen molar-refractivity contribution in [3.63, 3.8) is 0 Å². The van der Waals surface area contributed by atoms with Crippen LogP contribution in [0.3, 0.4) is 0 Å². The zero-order valence-corrected chi connectivity index (χ0v) is 17.4. The number of likely N-dealkylation sites (tertiary alicyclic amines) is 1. The van der Waals surface area contributed by atoms with E-state index in [1.54, 1.807) is 9.21 Å². The molecule has 0 aliphatic carbocycles. The van der Waals surface area contributed by atoms with Crippen LogP contribution in [-0.2, 0) is 23.5 Å². The van der Waals surface area contributed by atoms with Crippen LogP contribution in [0, 0.1) is 13.8 Å². The van der Waals surface area contributed by atoms with Crippen LogP contribution < -0.4 is 5.32 Å². The van der Waals surface area contributed by atoms with Crippen molar-refractivity contribution in [2.24, 2.45) is 7.05 Å². The first kappa shape index (κ1) is 20.1. The summed E-state index contributed by atoms with van der Waals surface area (Å²) in [7, 11) is -1.28. The summed E-state index contributed by atoms with van der Waals surface area (Å²) in [5, 5.41) is 7.01. The van der Waals surface area contributed by atoms with E-state index in [1.165, 1.54) is 5.56 Å². The Morgan fingerprint density at radius 1 is 1.15 bits per heavy atom. The number of carbonyl (C=O) groups is 1. The van der Waals surface area contributed by atoms with Crippen LogP contribution in [0.2, 0.25) is 0 Å². The fraction of sp³-hybridized carbons (Fsp3) is 0.778. The molecule has 0 bridgehead atoms. The van der Waals surface area contributed by atoms with Gasteiger partial charge in [-0.05, 0) is 51.5 Å². The van der Waals surface area contributed by atoms with E-state index < -0.39 is 10.0 Å². The maximum absolute atomic E-state index is 12.7. The van der Waals surface area contributed by atoms with Crippen molar-refractivity contribution in [3.8, 4) is 0 Å². The lowest BCUT2D eigenvalue weighted by molar-refractivity contribution is 0.186. The molecule has 0 radical (unpaired) electrons. The fourth-order valence-corrected chi connectivity index (χ4v) is 6.09. The number of rotatable bonds is 5. The number of urea groups is 1. The van der Waals surface area contributed by atoms with Crippen molar-refractivity contribution >= 4 is 16.1 Å². The minimum Gasteiger partial charge on any atom is -0.338 e. The van der Waals surface area contributed by atoms with Crippen LogP contribution in [-0.4, -0.2) is 71.4 Å². The number of hydrogen-bond acceptors (Lipinski definition) is 4. The Labute approximate surface area is 161 Å². The number of nitrogens with one attached hydrogen (secondary N) is 1. The molecular formula is C18H31N5O3S. The van der Waals surface area contributed by atoms with Gasteiger partial charge in [-0.25, -0.2) is 17.5 Å². The standard InChI is InChI=1S/C18H31N5O3S/c1-14-17(15(2)21(3)20-14)6-9-19-18(24)22-12-7-16(8-13-22)27(25,26)23-10-4-5-11-23/h16H,4-13H2,1-3H3,(H,19,24). The highest BCUT2D eigenvalue weighted by atomic mass is 32.2. The minimum atomic E-state index is -3.21. The predicted molar refractivity (Wildman–Crippen MR) is 104 cm³/mol. The van der Waals surface area contributed by atoms with E-state index in [0.29, 0.717) is 45.6 Å². The van der Waals surface area contributed by atoms with Gasteiger partial charge in [0, 0.05) is 45.5 Å². The first-order chi connectivity index (χ1) is 12.8. The molecule has 0 spiro atoms. The molecule has 0 saturated carbocycles. The summed E-state index contributed by atoms with van der Waals surface area (Å²) in [6.45, 7) is 6.85. The first-order valence-electron chi connectivity index (χ1n) is 9.81. The average Bonchev–Trinajstić information content (AvgIpc) is 3.27. The SMILES string of the molecule is Cc1nn(C)c(C)c1CCNC(=O)N1CCC(S(=O)(=O)N2CCCC2)CC1. The highest BCUT2D eigenvalue weighted by Gasteiger charge is 2.36. The maximum atomic E-state index is 12.7. The summed E-state index contributed by atoms with van der Waals surface area (Å²) >= 11 is 0. The lowest BCUT2D eigenvalue weighted by Gasteiger charge is -2.33. The number of amides is 2. The van der Waals surface area contributed by atoms with E-state index in [1.807, 2.05) is 25.6 Å². The zero-order chi connectivity index (χ0) is 19.6. The summed E-state index contributed by atoms with van der Waals surface area (Å²) in [5.74, 6) is 0. The molecule has 27 heavy (non-hydrogen) atoms. The second-order valence-corrected chi connectivity index (χ2v) is 9.81. The van der Waals surface area contributed by atoms with Gasteiger partial charge in [0.1, 0.15) is 0 Å². The third-order valence-electron chi connectivity index (χ3n) is 5.89. The summed E-state index contributed by atoms with van der Waals surface area (Å²) in [4.78, 5) is 14.1. The van der Waals surface area contributed by atoms with Crippen LogP contribution >= 0.6 is 0 Å². The van der Waals surface area contributed by atoms with Crippen LogP contribution in [0.1, 0.15) is 42.6 Å². The second kappa shape index (κ2) is 8.18. The summed E-state index contributed by atoms with van der Waals surface area (Å²) in [5.41, 5.74) is 3.29. The van der Waals surface area contributed by atoms with Gasteiger partial charge < -0.3 is 10.2 Å². The fourth-order valence-electron chi connectivity index (χ4n) is 4.10. The van der Waals surface area contributed by atoms with Crippen LogP contribution in [0.15, 0.2) is 0 Å². The number of aromatic nitrogens is 2. The predicted octanol–water partition coefficient (Wildman–Crippen LogP) is 1.18. The van der Waals surface area contributed by atoms with Gasteiger partial charge in [0.2, 0.25) is 10.0 Å². The first-order valence-corrected chi connectivity index (χ1v) is 11.3. The monoisotopic (exact) mass is 397 g/mol. The highest BCUT2D eigenvalue weighted by Crippen LogP contribution is 2.24. The third-order valence-corrected chi connectivity index (χ3v) is 8.28. The van der Waals surface area contributed by atoms with Crippen LogP contribution in [0.25, 0.3) is 0 Å². The maximum Gasteiger partial charge on any atom is 0.317 e. The van der Waals surface area contributed by atoms with Gasteiger partial charge in [0.25, 0.3) is 0 Å². The summed E-state index contributed by atoms with van der Waals surface area (Å²) in [6.07, 6.45) is 3.70. The molecule has 3 rings (SSSR count). The van der Waals surface area contributed by atoms with Crippen LogP contribution in [0.4, 0.5) is 4.79 Å². The van der Waals surface area contributed by atoms with Crippen molar-refractivity contribution in [1.29, 1.82) is 0 Å². The van der Waals surface area contributed by atoms with Gasteiger partial charge in [-0.15, -0.1) is 0 Å². The molecule has 0 unspecified atom stereocenters.